The van der Waals surface area contributed by atoms with E-state index in [-0.39, 0.29) is 16.9 Å². The number of rotatable bonds is 9. The Morgan fingerprint density at radius 2 is 1.55 bits per heavy atom. The molecular formula is C30H24ClN3O6. The van der Waals surface area contributed by atoms with E-state index in [1.54, 1.807) is 78.9 Å². The Morgan fingerprint density at radius 1 is 0.775 bits per heavy atom. The second-order valence-corrected chi connectivity index (χ2v) is 8.67. The first-order valence-electron chi connectivity index (χ1n) is 11.9. The van der Waals surface area contributed by atoms with Crippen LogP contribution in [0.5, 0.6) is 17.2 Å². The number of hydrogen-bond acceptors (Lipinski definition) is 7. The number of hydrogen-bond donors (Lipinski definition) is 2. The summed E-state index contributed by atoms with van der Waals surface area (Å²) in [7, 11) is 2.99. The second-order valence-electron chi connectivity index (χ2n) is 8.23. The van der Waals surface area contributed by atoms with Crippen LogP contribution < -0.4 is 25.0 Å². The minimum Gasteiger partial charge on any atom is -0.497 e. The van der Waals surface area contributed by atoms with Crippen molar-refractivity contribution in [2.75, 3.05) is 19.5 Å². The molecule has 0 saturated heterocycles. The molecule has 0 aliphatic rings. The van der Waals surface area contributed by atoms with Gasteiger partial charge < -0.3 is 19.5 Å². The van der Waals surface area contributed by atoms with Crippen LogP contribution in [0.4, 0.5) is 5.69 Å². The third-order valence-electron chi connectivity index (χ3n) is 5.61. The van der Waals surface area contributed by atoms with Crippen molar-refractivity contribution in [3.8, 4) is 17.2 Å². The molecule has 0 aliphatic carbocycles. The summed E-state index contributed by atoms with van der Waals surface area (Å²) in [5, 5.41) is 7.12. The van der Waals surface area contributed by atoms with Gasteiger partial charge in [0.2, 0.25) is 0 Å². The van der Waals surface area contributed by atoms with E-state index in [4.69, 9.17) is 25.8 Å². The van der Waals surface area contributed by atoms with Crippen molar-refractivity contribution in [3.05, 3.63) is 118 Å². The number of carbonyl (C=O) groups is 3. The Hall–Kier alpha value is -5.15. The molecule has 4 aromatic rings. The Labute approximate surface area is 235 Å². The fourth-order valence-electron chi connectivity index (χ4n) is 3.59. The van der Waals surface area contributed by atoms with Gasteiger partial charge in [0, 0.05) is 21.8 Å². The maximum absolute atomic E-state index is 12.8. The Kier molecular flexibility index (Phi) is 9.11. The van der Waals surface area contributed by atoms with Gasteiger partial charge in [-0.1, -0.05) is 29.8 Å². The van der Waals surface area contributed by atoms with Crippen LogP contribution in [0.2, 0.25) is 5.02 Å². The van der Waals surface area contributed by atoms with Crippen molar-refractivity contribution in [1.82, 2.24) is 5.43 Å². The van der Waals surface area contributed by atoms with E-state index in [1.807, 2.05) is 0 Å². The number of esters is 1. The number of methoxy groups -OCH3 is 2. The zero-order chi connectivity index (χ0) is 28.5. The van der Waals surface area contributed by atoms with Gasteiger partial charge in [-0.25, -0.2) is 10.2 Å². The van der Waals surface area contributed by atoms with Gasteiger partial charge in [0.1, 0.15) is 17.2 Å². The molecule has 0 fully saturated rings. The van der Waals surface area contributed by atoms with Crippen molar-refractivity contribution in [1.29, 1.82) is 0 Å². The van der Waals surface area contributed by atoms with E-state index >= 15 is 0 Å². The first-order chi connectivity index (χ1) is 19.4. The van der Waals surface area contributed by atoms with Gasteiger partial charge in [0.15, 0.2) is 0 Å². The number of hydrazone groups is 1. The molecule has 0 unspecified atom stereocenters. The lowest BCUT2D eigenvalue weighted by atomic mass is 10.1. The molecule has 10 heteroatoms. The molecule has 40 heavy (non-hydrogen) atoms. The van der Waals surface area contributed by atoms with Crippen molar-refractivity contribution in [2.24, 2.45) is 5.10 Å². The lowest BCUT2D eigenvalue weighted by Crippen LogP contribution is -2.18. The number of nitrogens with zero attached hydrogens (tertiary/aromatic N) is 1. The lowest BCUT2D eigenvalue weighted by Gasteiger charge is -2.10. The average molecular weight is 558 g/mol. The zero-order valence-corrected chi connectivity index (χ0v) is 22.3. The molecule has 4 aromatic carbocycles. The normalized spacial score (nSPS) is 10.6. The minimum absolute atomic E-state index is 0.251. The van der Waals surface area contributed by atoms with Crippen molar-refractivity contribution < 1.29 is 28.6 Å². The number of para-hydroxylation sites is 1. The van der Waals surface area contributed by atoms with Gasteiger partial charge in [-0.2, -0.15) is 5.10 Å². The van der Waals surface area contributed by atoms with Crippen molar-refractivity contribution in [2.45, 2.75) is 0 Å². The number of amides is 2. The molecule has 0 radical (unpaired) electrons. The maximum Gasteiger partial charge on any atom is 0.343 e. The van der Waals surface area contributed by atoms with Crippen LogP contribution >= 0.6 is 11.6 Å². The van der Waals surface area contributed by atoms with Crippen LogP contribution in [0, 0.1) is 0 Å². The maximum atomic E-state index is 12.8. The highest BCUT2D eigenvalue weighted by Crippen LogP contribution is 2.24. The van der Waals surface area contributed by atoms with E-state index < -0.39 is 17.8 Å². The van der Waals surface area contributed by atoms with Crippen molar-refractivity contribution in [3.63, 3.8) is 0 Å². The first-order valence-corrected chi connectivity index (χ1v) is 12.3. The number of anilines is 1. The Bertz CT molecular complexity index is 1570. The summed E-state index contributed by atoms with van der Waals surface area (Å²) >= 11 is 6.02. The summed E-state index contributed by atoms with van der Waals surface area (Å²) in [6, 6.07) is 24.3. The fraction of sp³-hybridized carbons (Fsp3) is 0.0667. The van der Waals surface area contributed by atoms with Crippen LogP contribution in [-0.4, -0.2) is 38.2 Å². The van der Waals surface area contributed by atoms with E-state index in [9.17, 15) is 14.4 Å². The molecule has 0 atom stereocenters. The summed E-state index contributed by atoms with van der Waals surface area (Å²) < 4.78 is 15.9. The van der Waals surface area contributed by atoms with Gasteiger partial charge in [0.25, 0.3) is 11.8 Å². The van der Waals surface area contributed by atoms with Gasteiger partial charge in [-0.05, 0) is 72.8 Å². The SMILES string of the molecule is COc1ccc(C(=O)Oc2ccccc2C=NNC(=O)c2cccc(NC(=O)c3cc(Cl)ccc3OC)c2)cc1. The van der Waals surface area contributed by atoms with Crippen LogP contribution in [0.1, 0.15) is 36.6 Å². The predicted octanol–water partition coefficient (Wildman–Crippen LogP) is 5.59. The molecule has 0 saturated carbocycles. The molecule has 0 aliphatic heterocycles. The summed E-state index contributed by atoms with van der Waals surface area (Å²) in [6.07, 6.45) is 1.37. The molecular weight excluding hydrogens is 534 g/mol. The average Bonchev–Trinajstić information content (AvgIpc) is 2.98. The van der Waals surface area contributed by atoms with E-state index in [1.165, 1.54) is 32.6 Å². The molecule has 0 heterocycles. The predicted molar refractivity (Wildman–Crippen MR) is 152 cm³/mol. The van der Waals surface area contributed by atoms with Crippen LogP contribution in [0.25, 0.3) is 0 Å². The number of nitrogens with one attached hydrogen (secondary N) is 2. The van der Waals surface area contributed by atoms with E-state index in [0.717, 1.165) is 0 Å². The quantitative estimate of drug-likeness (QED) is 0.120. The van der Waals surface area contributed by atoms with E-state index in [0.29, 0.717) is 33.3 Å². The monoisotopic (exact) mass is 557 g/mol. The summed E-state index contributed by atoms with van der Waals surface area (Å²) in [4.78, 5) is 38.0. The number of ether oxygens (including phenoxy) is 3. The molecule has 0 aromatic heterocycles. The van der Waals surface area contributed by atoms with Crippen LogP contribution in [0.3, 0.4) is 0 Å². The third-order valence-corrected chi connectivity index (χ3v) is 5.84. The molecule has 0 spiro atoms. The molecule has 2 amide bonds. The molecule has 2 N–H and O–H groups in total. The van der Waals surface area contributed by atoms with E-state index in [2.05, 4.69) is 15.8 Å². The van der Waals surface area contributed by atoms with Crippen molar-refractivity contribution >= 4 is 41.3 Å². The number of benzene rings is 4. The van der Waals surface area contributed by atoms with Crippen LogP contribution in [0.15, 0.2) is 96.1 Å². The summed E-state index contributed by atoms with van der Waals surface area (Å²) in [5.74, 6) is -0.269. The van der Waals surface area contributed by atoms with Gasteiger partial charge in [-0.3, -0.25) is 9.59 Å². The second kappa shape index (κ2) is 13.1. The first kappa shape index (κ1) is 27.9. The standard InChI is InChI=1S/C30H24ClN3O6/c1-38-24-13-10-19(11-14-24)30(37)40-26-9-4-3-6-21(26)18-32-34-28(35)20-7-5-8-23(16-20)33-29(36)25-17-22(31)12-15-27(25)39-2/h3-18H,1-2H3,(H,33,36)(H,34,35). The van der Waals surface area contributed by atoms with Gasteiger partial charge >= 0.3 is 5.97 Å². The molecule has 4 rings (SSSR count). The topological polar surface area (TPSA) is 115 Å². The van der Waals surface area contributed by atoms with Crippen LogP contribution in [-0.2, 0) is 0 Å². The van der Waals surface area contributed by atoms with Gasteiger partial charge in [0.05, 0.1) is 31.6 Å². The van der Waals surface area contributed by atoms with Gasteiger partial charge in [-0.15, -0.1) is 0 Å². The highest BCUT2D eigenvalue weighted by atomic mass is 35.5. The Balaban J connectivity index is 1.41. The zero-order valence-electron chi connectivity index (χ0n) is 21.5. The number of halogens is 1. The highest BCUT2D eigenvalue weighted by Gasteiger charge is 2.15. The molecule has 9 nitrogen and oxygen atoms in total. The summed E-state index contributed by atoms with van der Waals surface area (Å²) in [5.41, 5.74) is 4.15. The third kappa shape index (κ3) is 7.03. The highest BCUT2D eigenvalue weighted by molar-refractivity contribution is 6.31. The molecule has 202 valence electrons. The Morgan fingerprint density at radius 3 is 2.30 bits per heavy atom. The lowest BCUT2D eigenvalue weighted by molar-refractivity contribution is 0.0733. The largest absolute Gasteiger partial charge is 0.497 e. The molecule has 0 bridgehead atoms. The smallest absolute Gasteiger partial charge is 0.343 e. The minimum atomic E-state index is -0.554. The fourth-order valence-corrected chi connectivity index (χ4v) is 3.76. The summed E-state index contributed by atoms with van der Waals surface area (Å²) in [6.45, 7) is 0. The number of carbonyl (C=O) groups excluding carboxylic acids is 3.